The number of ether oxygens (including phenoxy) is 1. The number of hydrogen-bond acceptors (Lipinski definition) is 3. The van der Waals surface area contributed by atoms with Gasteiger partial charge in [0, 0.05) is 30.9 Å². The lowest BCUT2D eigenvalue weighted by atomic mass is 10.2. The van der Waals surface area contributed by atoms with Crippen LogP contribution < -0.4 is 11.1 Å². The topological polar surface area (TPSA) is 62.9 Å². The smallest absolute Gasteiger partial charge is 0.193 e. The zero-order valence-corrected chi connectivity index (χ0v) is 16.5. The number of nitrogens with one attached hydrogen (secondary N) is 1. The number of guanidine groups is 1. The molecular formula is C17H29IN4O. The van der Waals surface area contributed by atoms with Gasteiger partial charge in [0.2, 0.25) is 0 Å². The van der Waals surface area contributed by atoms with Gasteiger partial charge in [-0.2, -0.15) is 0 Å². The monoisotopic (exact) mass is 432 g/mol. The molecular weight excluding hydrogens is 403 g/mol. The summed E-state index contributed by atoms with van der Waals surface area (Å²) < 4.78 is 5.19. The van der Waals surface area contributed by atoms with Gasteiger partial charge in [-0.1, -0.05) is 31.0 Å². The fourth-order valence-electron chi connectivity index (χ4n) is 2.96. The first-order chi connectivity index (χ1) is 10.7. The quantitative estimate of drug-likeness (QED) is 0.395. The largest absolute Gasteiger partial charge is 0.380 e. The van der Waals surface area contributed by atoms with E-state index in [4.69, 9.17) is 10.5 Å². The highest BCUT2D eigenvalue weighted by molar-refractivity contribution is 14.0. The van der Waals surface area contributed by atoms with E-state index in [1.807, 2.05) is 24.3 Å². The number of rotatable bonds is 7. The summed E-state index contributed by atoms with van der Waals surface area (Å²) in [5.41, 5.74) is 8.02. The molecule has 0 radical (unpaired) electrons. The minimum absolute atomic E-state index is 0. The predicted octanol–water partition coefficient (Wildman–Crippen LogP) is 3.05. The van der Waals surface area contributed by atoms with Crippen LogP contribution in [-0.4, -0.2) is 44.1 Å². The molecule has 5 nitrogen and oxygen atoms in total. The van der Waals surface area contributed by atoms with Crippen molar-refractivity contribution >= 4 is 35.6 Å². The van der Waals surface area contributed by atoms with E-state index in [0.29, 0.717) is 12.6 Å². The van der Waals surface area contributed by atoms with Crippen molar-refractivity contribution < 1.29 is 4.74 Å². The van der Waals surface area contributed by atoms with Gasteiger partial charge in [-0.05, 0) is 26.0 Å². The normalized spacial score (nSPS) is 15.7. The molecule has 0 aliphatic heterocycles. The van der Waals surface area contributed by atoms with Crippen LogP contribution in [0, 0.1) is 0 Å². The van der Waals surface area contributed by atoms with Gasteiger partial charge in [-0.15, -0.1) is 24.0 Å². The number of likely N-dealkylation sites (N-methyl/N-ethyl adjacent to an activating group) is 1. The molecule has 0 aromatic heterocycles. The minimum atomic E-state index is 0. The molecule has 0 spiro atoms. The van der Waals surface area contributed by atoms with Gasteiger partial charge in [0.05, 0.1) is 13.2 Å². The second-order valence-electron chi connectivity index (χ2n) is 5.90. The molecule has 0 unspecified atom stereocenters. The average Bonchev–Trinajstić information content (AvgIpc) is 3.04. The van der Waals surface area contributed by atoms with Crippen molar-refractivity contribution in [1.82, 2.24) is 4.90 Å². The van der Waals surface area contributed by atoms with E-state index in [-0.39, 0.29) is 24.0 Å². The molecule has 1 fully saturated rings. The molecule has 2 rings (SSSR count). The number of aliphatic imine (C=N–C) groups is 1. The first kappa shape index (κ1) is 20.2. The van der Waals surface area contributed by atoms with Gasteiger partial charge in [-0.3, -0.25) is 4.99 Å². The van der Waals surface area contributed by atoms with E-state index in [9.17, 15) is 0 Å². The summed E-state index contributed by atoms with van der Waals surface area (Å²) in [7, 11) is 3.87. The Labute approximate surface area is 156 Å². The number of methoxy groups -OCH3 is 1. The predicted molar refractivity (Wildman–Crippen MR) is 108 cm³/mol. The van der Waals surface area contributed by atoms with Crippen molar-refractivity contribution in [2.45, 2.75) is 38.3 Å². The van der Waals surface area contributed by atoms with Crippen molar-refractivity contribution in [2.75, 3.05) is 32.6 Å². The minimum Gasteiger partial charge on any atom is -0.380 e. The molecule has 1 aliphatic carbocycles. The molecule has 0 amide bonds. The highest BCUT2D eigenvalue weighted by Gasteiger charge is 2.18. The third-order valence-corrected chi connectivity index (χ3v) is 4.26. The maximum atomic E-state index is 5.99. The van der Waals surface area contributed by atoms with Crippen molar-refractivity contribution in [2.24, 2.45) is 10.7 Å². The molecule has 0 saturated heterocycles. The van der Waals surface area contributed by atoms with Crippen LogP contribution in [-0.2, 0) is 11.3 Å². The third kappa shape index (κ3) is 6.64. The maximum absolute atomic E-state index is 5.99. The summed E-state index contributed by atoms with van der Waals surface area (Å²) in [4.78, 5) is 6.84. The molecule has 6 heteroatoms. The summed E-state index contributed by atoms with van der Waals surface area (Å²) in [6.07, 6.45) is 5.35. The molecule has 1 aromatic carbocycles. The van der Waals surface area contributed by atoms with Crippen molar-refractivity contribution in [1.29, 1.82) is 0 Å². The highest BCUT2D eigenvalue weighted by atomic mass is 127. The molecule has 1 saturated carbocycles. The second-order valence-corrected chi connectivity index (χ2v) is 5.90. The molecule has 0 heterocycles. The summed E-state index contributed by atoms with van der Waals surface area (Å²) in [6.45, 7) is 2.23. The second kappa shape index (κ2) is 10.8. The Morgan fingerprint density at radius 3 is 2.74 bits per heavy atom. The Bertz CT molecular complexity index is 489. The van der Waals surface area contributed by atoms with E-state index < -0.39 is 0 Å². The van der Waals surface area contributed by atoms with Crippen LogP contribution in [0.4, 0.5) is 5.69 Å². The van der Waals surface area contributed by atoms with Crippen LogP contribution >= 0.6 is 24.0 Å². The lowest BCUT2D eigenvalue weighted by Gasteiger charge is -2.23. The first-order valence-electron chi connectivity index (χ1n) is 8.04. The van der Waals surface area contributed by atoms with Gasteiger partial charge in [-0.25, -0.2) is 0 Å². The van der Waals surface area contributed by atoms with Crippen LogP contribution in [0.25, 0.3) is 0 Å². The number of halogens is 1. The fourth-order valence-corrected chi connectivity index (χ4v) is 2.96. The standard InChI is InChI=1S/C17H28N4O.HI/c1-21(15-8-4-5-9-15)12-11-19-17(18)20-16-10-6-3-7-14(16)13-22-2;/h3,6-7,10,15H,4-5,8-9,11-13H2,1-2H3,(H3,18,19,20);1H. The zero-order chi connectivity index (χ0) is 15.8. The van der Waals surface area contributed by atoms with Crippen LogP contribution in [0.2, 0.25) is 0 Å². The van der Waals surface area contributed by atoms with Crippen molar-refractivity contribution in [3.8, 4) is 0 Å². The number of hydrogen-bond donors (Lipinski definition) is 2. The first-order valence-corrected chi connectivity index (χ1v) is 8.04. The SMILES string of the molecule is COCc1ccccc1NC(N)=NCCN(C)C1CCCC1.I. The summed E-state index contributed by atoms with van der Waals surface area (Å²) in [5, 5.41) is 3.17. The van der Waals surface area contributed by atoms with Crippen LogP contribution in [0.15, 0.2) is 29.3 Å². The lowest BCUT2D eigenvalue weighted by Crippen LogP contribution is -2.32. The summed E-state index contributed by atoms with van der Waals surface area (Å²) in [5.74, 6) is 0.461. The summed E-state index contributed by atoms with van der Waals surface area (Å²) in [6, 6.07) is 8.70. The van der Waals surface area contributed by atoms with Crippen LogP contribution in [0.3, 0.4) is 0 Å². The molecule has 3 N–H and O–H groups in total. The van der Waals surface area contributed by atoms with Crippen molar-refractivity contribution in [3.63, 3.8) is 0 Å². The van der Waals surface area contributed by atoms with Crippen molar-refractivity contribution in [3.05, 3.63) is 29.8 Å². The number of anilines is 1. The number of benzene rings is 1. The molecule has 0 bridgehead atoms. The van der Waals surface area contributed by atoms with E-state index in [1.165, 1.54) is 25.7 Å². The van der Waals surface area contributed by atoms with E-state index in [1.54, 1.807) is 7.11 Å². The zero-order valence-electron chi connectivity index (χ0n) is 14.1. The Kier molecular flexibility index (Phi) is 9.50. The van der Waals surface area contributed by atoms with Gasteiger partial charge in [0.15, 0.2) is 5.96 Å². The Morgan fingerprint density at radius 2 is 2.04 bits per heavy atom. The van der Waals surface area contributed by atoms with Gasteiger partial charge in [0.25, 0.3) is 0 Å². The molecule has 23 heavy (non-hydrogen) atoms. The average molecular weight is 432 g/mol. The van der Waals surface area contributed by atoms with Gasteiger partial charge < -0.3 is 20.7 Å². The Hall–Kier alpha value is -0.860. The Morgan fingerprint density at radius 1 is 1.35 bits per heavy atom. The highest BCUT2D eigenvalue weighted by Crippen LogP contribution is 2.22. The third-order valence-electron chi connectivity index (χ3n) is 4.26. The molecule has 1 aliphatic rings. The van der Waals surface area contributed by atoms with Crippen LogP contribution in [0.1, 0.15) is 31.2 Å². The lowest BCUT2D eigenvalue weighted by molar-refractivity contribution is 0.185. The van der Waals surface area contributed by atoms with E-state index in [0.717, 1.165) is 30.4 Å². The van der Waals surface area contributed by atoms with Crippen LogP contribution in [0.5, 0.6) is 0 Å². The fraction of sp³-hybridized carbons (Fsp3) is 0.588. The number of nitrogens with zero attached hydrogens (tertiary/aromatic N) is 2. The van der Waals surface area contributed by atoms with E-state index >= 15 is 0 Å². The molecule has 1 aromatic rings. The number of para-hydroxylation sites is 1. The summed E-state index contributed by atoms with van der Waals surface area (Å²) >= 11 is 0. The van der Waals surface area contributed by atoms with Gasteiger partial charge >= 0.3 is 0 Å². The number of nitrogens with two attached hydrogens (primary N) is 1. The van der Waals surface area contributed by atoms with E-state index in [2.05, 4.69) is 22.3 Å². The maximum Gasteiger partial charge on any atom is 0.193 e. The molecule has 130 valence electrons. The molecule has 0 atom stereocenters. The van der Waals surface area contributed by atoms with Gasteiger partial charge in [0.1, 0.15) is 0 Å². The Balaban J connectivity index is 0.00000264.